The van der Waals surface area contributed by atoms with Gasteiger partial charge in [-0.3, -0.25) is 0 Å². The molecule has 0 bridgehead atoms. The lowest BCUT2D eigenvalue weighted by atomic mass is 9.78. The Labute approximate surface area is 96.8 Å². The van der Waals surface area contributed by atoms with Gasteiger partial charge in [-0.25, -0.2) is 0 Å². The first-order valence-corrected chi connectivity index (χ1v) is 6.23. The number of piperidine rings is 1. The van der Waals surface area contributed by atoms with E-state index >= 15 is 0 Å². The average Bonchev–Trinajstić information content (AvgIpc) is 2.80. The maximum atomic E-state index is 5.46. The van der Waals surface area contributed by atoms with Crippen LogP contribution in [0.1, 0.15) is 57.7 Å². The van der Waals surface area contributed by atoms with Gasteiger partial charge in [-0.05, 0) is 25.8 Å². The molecule has 0 amide bonds. The maximum absolute atomic E-state index is 5.46. The minimum absolute atomic E-state index is 0.0678. The van der Waals surface area contributed by atoms with Crippen molar-refractivity contribution in [2.45, 2.75) is 51.4 Å². The Morgan fingerprint density at radius 3 is 2.81 bits per heavy atom. The molecule has 1 atom stereocenters. The Balaban J connectivity index is 2.25. The first-order valence-electron chi connectivity index (χ1n) is 6.23. The van der Waals surface area contributed by atoms with Crippen molar-refractivity contribution in [3.05, 3.63) is 11.7 Å². The minimum atomic E-state index is 0.0678. The predicted octanol–water partition coefficient (Wildman–Crippen LogP) is 2.22. The highest BCUT2D eigenvalue weighted by Crippen LogP contribution is 2.33. The third-order valence-electron chi connectivity index (χ3n) is 3.56. The Hall–Kier alpha value is -0.900. The second kappa shape index (κ2) is 4.53. The van der Waals surface area contributed by atoms with Crippen molar-refractivity contribution < 1.29 is 4.52 Å². The van der Waals surface area contributed by atoms with Crippen LogP contribution in [0.4, 0.5) is 0 Å². The van der Waals surface area contributed by atoms with E-state index in [0.29, 0.717) is 5.92 Å². The lowest BCUT2D eigenvalue weighted by Crippen LogP contribution is -2.43. The molecule has 1 saturated heterocycles. The SMILES string of the molecule is CCC1(c2nc(C(C)C)no2)CCCNC1. The number of nitrogens with zero attached hydrogens (tertiary/aromatic N) is 2. The Morgan fingerprint density at radius 1 is 1.50 bits per heavy atom. The van der Waals surface area contributed by atoms with Gasteiger partial charge >= 0.3 is 0 Å². The van der Waals surface area contributed by atoms with Crippen molar-refractivity contribution in [3.8, 4) is 0 Å². The zero-order valence-electron chi connectivity index (χ0n) is 10.4. The quantitative estimate of drug-likeness (QED) is 0.853. The summed E-state index contributed by atoms with van der Waals surface area (Å²) in [5.41, 5.74) is 0.0678. The van der Waals surface area contributed by atoms with Crippen LogP contribution in [0.5, 0.6) is 0 Å². The molecule has 2 heterocycles. The molecule has 16 heavy (non-hydrogen) atoms. The molecular weight excluding hydrogens is 202 g/mol. The van der Waals surface area contributed by atoms with Gasteiger partial charge in [0.25, 0.3) is 0 Å². The lowest BCUT2D eigenvalue weighted by molar-refractivity contribution is 0.220. The maximum Gasteiger partial charge on any atom is 0.234 e. The predicted molar refractivity (Wildman–Crippen MR) is 62.5 cm³/mol. The highest BCUT2D eigenvalue weighted by Gasteiger charge is 2.37. The van der Waals surface area contributed by atoms with Crippen LogP contribution in [0.3, 0.4) is 0 Å². The van der Waals surface area contributed by atoms with Crippen LogP contribution in [0.15, 0.2) is 4.52 Å². The molecule has 1 unspecified atom stereocenters. The molecule has 0 aliphatic carbocycles. The monoisotopic (exact) mass is 223 g/mol. The first kappa shape index (κ1) is 11.6. The van der Waals surface area contributed by atoms with Gasteiger partial charge in [0.1, 0.15) is 0 Å². The summed E-state index contributed by atoms with van der Waals surface area (Å²) in [7, 11) is 0. The normalized spacial score (nSPS) is 26.2. The smallest absolute Gasteiger partial charge is 0.234 e. The van der Waals surface area contributed by atoms with Gasteiger partial charge < -0.3 is 9.84 Å². The third kappa shape index (κ3) is 1.98. The molecule has 1 N–H and O–H groups in total. The van der Waals surface area contributed by atoms with Gasteiger partial charge in [-0.15, -0.1) is 0 Å². The molecule has 0 radical (unpaired) electrons. The van der Waals surface area contributed by atoms with Crippen molar-refractivity contribution in [2.75, 3.05) is 13.1 Å². The van der Waals surface area contributed by atoms with Crippen molar-refractivity contribution in [1.82, 2.24) is 15.5 Å². The molecule has 4 nitrogen and oxygen atoms in total. The number of aromatic nitrogens is 2. The third-order valence-corrected chi connectivity index (χ3v) is 3.56. The van der Waals surface area contributed by atoms with Gasteiger partial charge in [0.15, 0.2) is 5.82 Å². The molecule has 0 spiro atoms. The standard InChI is InChI=1S/C12H21N3O/c1-4-12(6-5-7-13-8-12)11-14-10(9(2)3)15-16-11/h9,13H,4-8H2,1-3H3. The fourth-order valence-corrected chi connectivity index (χ4v) is 2.29. The molecular formula is C12H21N3O. The molecule has 1 aromatic heterocycles. The highest BCUT2D eigenvalue weighted by atomic mass is 16.5. The van der Waals surface area contributed by atoms with Crippen LogP contribution >= 0.6 is 0 Å². The van der Waals surface area contributed by atoms with Gasteiger partial charge in [0.2, 0.25) is 5.89 Å². The van der Waals surface area contributed by atoms with Crippen molar-refractivity contribution in [2.24, 2.45) is 0 Å². The number of rotatable bonds is 3. The van der Waals surface area contributed by atoms with Gasteiger partial charge in [-0.2, -0.15) is 4.98 Å². The van der Waals surface area contributed by atoms with Crippen molar-refractivity contribution >= 4 is 0 Å². The van der Waals surface area contributed by atoms with Crippen LogP contribution in [-0.2, 0) is 5.41 Å². The van der Waals surface area contributed by atoms with Crippen LogP contribution < -0.4 is 5.32 Å². The van der Waals surface area contributed by atoms with E-state index in [9.17, 15) is 0 Å². The van der Waals surface area contributed by atoms with E-state index in [4.69, 9.17) is 4.52 Å². The van der Waals surface area contributed by atoms with E-state index in [0.717, 1.165) is 37.6 Å². The number of hydrogen-bond acceptors (Lipinski definition) is 4. The van der Waals surface area contributed by atoms with Crippen molar-refractivity contribution in [3.63, 3.8) is 0 Å². The van der Waals surface area contributed by atoms with Crippen LogP contribution in [-0.4, -0.2) is 23.2 Å². The highest BCUT2D eigenvalue weighted by molar-refractivity contribution is 5.09. The second-order valence-electron chi connectivity index (χ2n) is 5.03. The summed E-state index contributed by atoms with van der Waals surface area (Å²) in [6, 6.07) is 0. The summed E-state index contributed by atoms with van der Waals surface area (Å²) in [5, 5.41) is 7.51. The van der Waals surface area contributed by atoms with E-state index in [2.05, 4.69) is 36.2 Å². The topological polar surface area (TPSA) is 51.0 Å². The van der Waals surface area contributed by atoms with E-state index in [1.807, 2.05) is 0 Å². The van der Waals surface area contributed by atoms with Gasteiger partial charge in [0, 0.05) is 12.5 Å². The summed E-state index contributed by atoms with van der Waals surface area (Å²) >= 11 is 0. The molecule has 1 fully saturated rings. The van der Waals surface area contributed by atoms with Gasteiger partial charge in [0.05, 0.1) is 5.41 Å². The lowest BCUT2D eigenvalue weighted by Gasteiger charge is -2.33. The molecule has 4 heteroatoms. The number of hydrogen-bond donors (Lipinski definition) is 1. The van der Waals surface area contributed by atoms with E-state index < -0.39 is 0 Å². The molecule has 1 aromatic rings. The second-order valence-corrected chi connectivity index (χ2v) is 5.03. The summed E-state index contributed by atoms with van der Waals surface area (Å²) in [6.07, 6.45) is 3.39. The molecule has 0 saturated carbocycles. The number of nitrogens with one attached hydrogen (secondary N) is 1. The minimum Gasteiger partial charge on any atom is -0.339 e. The van der Waals surface area contributed by atoms with E-state index in [1.54, 1.807) is 0 Å². The van der Waals surface area contributed by atoms with Crippen molar-refractivity contribution in [1.29, 1.82) is 0 Å². The zero-order chi connectivity index (χ0) is 11.6. The Bertz CT molecular complexity index is 340. The molecule has 2 rings (SSSR count). The molecule has 0 aromatic carbocycles. The fraction of sp³-hybridized carbons (Fsp3) is 0.833. The molecule has 1 aliphatic heterocycles. The van der Waals surface area contributed by atoms with Gasteiger partial charge in [-0.1, -0.05) is 25.9 Å². The summed E-state index contributed by atoms with van der Waals surface area (Å²) in [5.74, 6) is 1.99. The molecule has 90 valence electrons. The Morgan fingerprint density at radius 2 is 2.31 bits per heavy atom. The average molecular weight is 223 g/mol. The first-order chi connectivity index (χ1) is 7.68. The summed E-state index contributed by atoms with van der Waals surface area (Å²) in [4.78, 5) is 4.56. The van der Waals surface area contributed by atoms with Crippen LogP contribution in [0.25, 0.3) is 0 Å². The Kier molecular flexibility index (Phi) is 3.28. The summed E-state index contributed by atoms with van der Waals surface area (Å²) < 4.78 is 5.46. The fourth-order valence-electron chi connectivity index (χ4n) is 2.29. The van der Waals surface area contributed by atoms with Crippen LogP contribution in [0.2, 0.25) is 0 Å². The largest absolute Gasteiger partial charge is 0.339 e. The van der Waals surface area contributed by atoms with Crippen LogP contribution in [0, 0.1) is 0 Å². The zero-order valence-corrected chi connectivity index (χ0v) is 10.4. The molecule has 1 aliphatic rings. The van der Waals surface area contributed by atoms with E-state index in [1.165, 1.54) is 6.42 Å². The summed E-state index contributed by atoms with van der Waals surface area (Å²) in [6.45, 7) is 8.45. The van der Waals surface area contributed by atoms with E-state index in [-0.39, 0.29) is 5.41 Å².